The minimum atomic E-state index is -0.437. The van der Waals surface area contributed by atoms with Gasteiger partial charge in [0.05, 0.1) is 12.0 Å². The number of esters is 1. The Morgan fingerprint density at radius 1 is 1.30 bits per heavy atom. The van der Waals surface area contributed by atoms with Gasteiger partial charge in [0.1, 0.15) is 6.61 Å². The van der Waals surface area contributed by atoms with Gasteiger partial charge in [-0.15, -0.1) is 0 Å². The molecule has 0 heterocycles. The summed E-state index contributed by atoms with van der Waals surface area (Å²) in [7, 11) is 0. The fraction of sp³-hybridized carbons (Fsp3) is 0.467. The molecular formula is C15H20N2O3. The molecule has 1 fully saturated rings. The Morgan fingerprint density at radius 3 is 2.65 bits per heavy atom. The zero-order valence-corrected chi connectivity index (χ0v) is 11.9. The van der Waals surface area contributed by atoms with Crippen molar-refractivity contribution in [3.8, 4) is 0 Å². The third kappa shape index (κ3) is 3.73. The number of nitrogens with two attached hydrogens (primary N) is 1. The Bertz CT molecular complexity index is 536. The summed E-state index contributed by atoms with van der Waals surface area (Å²) in [4.78, 5) is 23.4. The number of rotatable bonds is 5. The molecule has 1 saturated carbocycles. The average Bonchev–Trinajstić information content (AvgIpc) is 3.17. The van der Waals surface area contributed by atoms with Crippen molar-refractivity contribution in [2.45, 2.75) is 39.2 Å². The SMILES string of the molecule is Cc1cc(C)c(C(=O)OCCC(=O)NC2CC2)cc1N. The van der Waals surface area contributed by atoms with Crippen LogP contribution in [-0.2, 0) is 9.53 Å². The second-order valence-electron chi connectivity index (χ2n) is 5.25. The summed E-state index contributed by atoms with van der Waals surface area (Å²) in [5, 5.41) is 2.85. The average molecular weight is 276 g/mol. The van der Waals surface area contributed by atoms with Crippen LogP contribution < -0.4 is 11.1 Å². The van der Waals surface area contributed by atoms with Gasteiger partial charge in [-0.25, -0.2) is 4.79 Å². The highest BCUT2D eigenvalue weighted by atomic mass is 16.5. The summed E-state index contributed by atoms with van der Waals surface area (Å²) >= 11 is 0. The van der Waals surface area contributed by atoms with Gasteiger partial charge >= 0.3 is 5.97 Å². The lowest BCUT2D eigenvalue weighted by Crippen LogP contribution is -2.26. The highest BCUT2D eigenvalue weighted by Gasteiger charge is 2.23. The van der Waals surface area contributed by atoms with Crippen molar-refractivity contribution in [2.75, 3.05) is 12.3 Å². The fourth-order valence-electron chi connectivity index (χ4n) is 1.93. The molecule has 0 bridgehead atoms. The molecule has 3 N–H and O–H groups in total. The Labute approximate surface area is 118 Å². The van der Waals surface area contributed by atoms with Crippen LogP contribution >= 0.6 is 0 Å². The molecule has 1 aromatic carbocycles. The number of amides is 1. The second-order valence-corrected chi connectivity index (χ2v) is 5.25. The van der Waals surface area contributed by atoms with E-state index in [1.807, 2.05) is 19.9 Å². The van der Waals surface area contributed by atoms with E-state index in [-0.39, 0.29) is 18.9 Å². The Kier molecular flexibility index (Phi) is 4.27. The van der Waals surface area contributed by atoms with Crippen LogP contribution in [0.25, 0.3) is 0 Å². The molecule has 0 saturated heterocycles. The number of carbonyl (C=O) groups is 2. The van der Waals surface area contributed by atoms with Gasteiger partial charge in [-0.05, 0) is 43.9 Å². The van der Waals surface area contributed by atoms with Crippen molar-refractivity contribution < 1.29 is 14.3 Å². The predicted octanol–water partition coefficient (Wildman–Crippen LogP) is 1.71. The van der Waals surface area contributed by atoms with Crippen molar-refractivity contribution in [3.63, 3.8) is 0 Å². The molecule has 1 amide bonds. The number of hydrogen-bond donors (Lipinski definition) is 2. The summed E-state index contributed by atoms with van der Waals surface area (Å²) in [6, 6.07) is 3.81. The molecule has 1 aliphatic carbocycles. The molecule has 0 aliphatic heterocycles. The minimum Gasteiger partial charge on any atom is -0.462 e. The number of benzene rings is 1. The molecular weight excluding hydrogens is 256 g/mol. The fourth-order valence-corrected chi connectivity index (χ4v) is 1.93. The molecule has 0 atom stereocenters. The third-order valence-corrected chi connectivity index (χ3v) is 3.34. The minimum absolute atomic E-state index is 0.0690. The van der Waals surface area contributed by atoms with Crippen molar-refractivity contribution in [1.29, 1.82) is 0 Å². The van der Waals surface area contributed by atoms with Crippen LogP contribution in [-0.4, -0.2) is 24.5 Å². The van der Waals surface area contributed by atoms with Crippen LogP contribution in [0.2, 0.25) is 0 Å². The van der Waals surface area contributed by atoms with E-state index in [0.29, 0.717) is 17.3 Å². The van der Waals surface area contributed by atoms with Crippen molar-refractivity contribution in [1.82, 2.24) is 5.32 Å². The van der Waals surface area contributed by atoms with E-state index in [1.54, 1.807) is 6.07 Å². The Morgan fingerprint density at radius 2 is 2.00 bits per heavy atom. The van der Waals surface area contributed by atoms with Gasteiger partial charge in [-0.3, -0.25) is 4.79 Å². The molecule has 0 spiro atoms. The smallest absolute Gasteiger partial charge is 0.338 e. The summed E-state index contributed by atoms with van der Waals surface area (Å²) in [6.07, 6.45) is 2.30. The number of nitrogens with one attached hydrogen (secondary N) is 1. The number of ether oxygens (including phenoxy) is 1. The number of hydrogen-bond acceptors (Lipinski definition) is 4. The highest BCUT2D eigenvalue weighted by molar-refractivity contribution is 5.92. The van der Waals surface area contributed by atoms with Gasteiger partial charge in [0, 0.05) is 11.7 Å². The molecule has 0 aromatic heterocycles. The molecule has 1 aromatic rings. The van der Waals surface area contributed by atoms with Gasteiger partial charge in [0.2, 0.25) is 5.91 Å². The first kappa shape index (κ1) is 14.4. The molecule has 0 radical (unpaired) electrons. The Balaban J connectivity index is 1.85. The number of carbonyl (C=O) groups excluding carboxylic acids is 2. The summed E-state index contributed by atoms with van der Waals surface area (Å²) in [5.74, 6) is -0.506. The van der Waals surface area contributed by atoms with Crippen LogP contribution in [0.5, 0.6) is 0 Å². The maximum Gasteiger partial charge on any atom is 0.338 e. The van der Waals surface area contributed by atoms with Gasteiger partial charge in [0.15, 0.2) is 0 Å². The normalized spacial score (nSPS) is 13.9. The van der Waals surface area contributed by atoms with E-state index in [0.717, 1.165) is 24.0 Å². The van der Waals surface area contributed by atoms with Gasteiger partial charge in [-0.2, -0.15) is 0 Å². The molecule has 0 unspecified atom stereocenters. The van der Waals surface area contributed by atoms with E-state index in [9.17, 15) is 9.59 Å². The summed E-state index contributed by atoms with van der Waals surface area (Å²) < 4.78 is 5.12. The van der Waals surface area contributed by atoms with Crippen molar-refractivity contribution in [2.24, 2.45) is 0 Å². The predicted molar refractivity (Wildman–Crippen MR) is 76.4 cm³/mol. The van der Waals surface area contributed by atoms with E-state index >= 15 is 0 Å². The lowest BCUT2D eigenvalue weighted by Gasteiger charge is -2.10. The van der Waals surface area contributed by atoms with Crippen LogP contribution in [0.3, 0.4) is 0 Å². The van der Waals surface area contributed by atoms with E-state index < -0.39 is 5.97 Å². The number of nitrogen functional groups attached to an aromatic ring is 1. The lowest BCUT2D eigenvalue weighted by atomic mass is 10.0. The molecule has 5 heteroatoms. The first-order chi connectivity index (χ1) is 9.47. The standard InChI is InChI=1S/C15H20N2O3/c1-9-7-10(2)13(16)8-12(9)15(19)20-6-5-14(18)17-11-3-4-11/h7-8,11H,3-6,16H2,1-2H3,(H,17,18). The molecule has 20 heavy (non-hydrogen) atoms. The van der Waals surface area contributed by atoms with E-state index in [4.69, 9.17) is 10.5 Å². The lowest BCUT2D eigenvalue weighted by molar-refractivity contribution is -0.121. The van der Waals surface area contributed by atoms with Crippen molar-refractivity contribution in [3.05, 3.63) is 28.8 Å². The first-order valence-electron chi connectivity index (χ1n) is 6.80. The maximum atomic E-state index is 11.9. The molecule has 2 rings (SSSR count). The van der Waals surface area contributed by atoms with Crippen LogP contribution in [0.15, 0.2) is 12.1 Å². The van der Waals surface area contributed by atoms with Crippen molar-refractivity contribution >= 4 is 17.6 Å². The zero-order valence-electron chi connectivity index (χ0n) is 11.9. The maximum absolute atomic E-state index is 11.9. The molecule has 1 aliphatic rings. The second kappa shape index (κ2) is 5.94. The van der Waals surface area contributed by atoms with E-state index in [1.165, 1.54) is 0 Å². The topological polar surface area (TPSA) is 81.4 Å². The van der Waals surface area contributed by atoms with Crippen LogP contribution in [0, 0.1) is 13.8 Å². The zero-order chi connectivity index (χ0) is 14.7. The van der Waals surface area contributed by atoms with E-state index in [2.05, 4.69) is 5.32 Å². The molecule has 108 valence electrons. The largest absolute Gasteiger partial charge is 0.462 e. The molecule has 5 nitrogen and oxygen atoms in total. The summed E-state index contributed by atoms with van der Waals surface area (Å²) in [6.45, 7) is 3.81. The summed E-state index contributed by atoms with van der Waals surface area (Å²) in [5.41, 5.74) is 8.57. The third-order valence-electron chi connectivity index (χ3n) is 3.34. The van der Waals surface area contributed by atoms with Gasteiger partial charge < -0.3 is 15.8 Å². The monoisotopic (exact) mass is 276 g/mol. The van der Waals surface area contributed by atoms with Gasteiger partial charge in [-0.1, -0.05) is 6.07 Å². The first-order valence-corrected chi connectivity index (χ1v) is 6.80. The van der Waals surface area contributed by atoms with Crippen LogP contribution in [0.4, 0.5) is 5.69 Å². The number of anilines is 1. The quantitative estimate of drug-likeness (QED) is 0.633. The van der Waals surface area contributed by atoms with Gasteiger partial charge in [0.25, 0.3) is 0 Å². The highest BCUT2D eigenvalue weighted by Crippen LogP contribution is 2.19. The van der Waals surface area contributed by atoms with Crippen LogP contribution in [0.1, 0.15) is 40.7 Å². The number of aryl methyl sites for hydroxylation is 2. The Hall–Kier alpha value is -2.04.